The molecule has 1 N–H and O–H groups in total. The van der Waals surface area contributed by atoms with Crippen molar-refractivity contribution in [3.63, 3.8) is 0 Å². The first kappa shape index (κ1) is 22.6. The number of sulfonamides is 1. The number of hydrogen-bond acceptors (Lipinski definition) is 7. The summed E-state index contributed by atoms with van der Waals surface area (Å²) in [5.41, 5.74) is 0. The number of halogens is 3. The number of benzene rings is 1. The van der Waals surface area contributed by atoms with Gasteiger partial charge in [-0.15, -0.1) is 13.2 Å². The van der Waals surface area contributed by atoms with Crippen LogP contribution in [0.15, 0.2) is 33.7 Å². The van der Waals surface area contributed by atoms with Crippen molar-refractivity contribution < 1.29 is 35.6 Å². The quantitative estimate of drug-likeness (QED) is 0.638. The number of nitrogens with zero attached hydrogens (tertiary/aromatic N) is 3. The van der Waals surface area contributed by atoms with E-state index in [1.54, 1.807) is 0 Å². The topological polar surface area (TPSA) is 115 Å². The molecule has 0 fully saturated rings. The molecule has 0 bridgehead atoms. The van der Waals surface area contributed by atoms with Crippen LogP contribution in [0.1, 0.15) is 25.1 Å². The zero-order valence-electron chi connectivity index (χ0n) is 15.6. The van der Waals surface area contributed by atoms with Gasteiger partial charge in [-0.05, 0) is 24.3 Å². The highest BCUT2D eigenvalue weighted by atomic mass is 32.2. The van der Waals surface area contributed by atoms with Gasteiger partial charge >= 0.3 is 6.36 Å². The van der Waals surface area contributed by atoms with Crippen molar-refractivity contribution in [1.82, 2.24) is 19.8 Å². The SMILES string of the molecule is CCc1noc(CN(C)C(=O)CCNS(=O)(=O)c2ccc(OC(F)(F)F)cc2)n1. The number of carbonyl (C=O) groups excluding carboxylic acids is 1. The molecule has 0 saturated carbocycles. The standard InChI is InChI=1S/C16H19F3N4O5S/c1-3-13-21-14(28-22-13)10-23(2)15(24)8-9-20-29(25,26)12-6-4-11(5-7-12)27-16(17,18)19/h4-7,20H,3,8-10H2,1-2H3. The lowest BCUT2D eigenvalue weighted by atomic mass is 10.3. The molecule has 1 aromatic heterocycles. The Morgan fingerprint density at radius 2 is 1.93 bits per heavy atom. The Bertz CT molecular complexity index is 929. The number of hydrogen-bond donors (Lipinski definition) is 1. The van der Waals surface area contributed by atoms with Gasteiger partial charge in [0.05, 0.1) is 11.4 Å². The summed E-state index contributed by atoms with van der Waals surface area (Å²) in [6.45, 7) is 1.74. The molecule has 9 nitrogen and oxygen atoms in total. The molecule has 13 heteroatoms. The van der Waals surface area contributed by atoms with Crippen molar-refractivity contribution in [3.05, 3.63) is 36.0 Å². The first-order valence-electron chi connectivity index (χ1n) is 8.41. The highest BCUT2D eigenvalue weighted by molar-refractivity contribution is 7.89. The third-order valence-corrected chi connectivity index (χ3v) is 5.10. The van der Waals surface area contributed by atoms with Gasteiger partial charge in [0.1, 0.15) is 5.75 Å². The first-order valence-corrected chi connectivity index (χ1v) is 9.89. The molecule has 2 rings (SSSR count). The van der Waals surface area contributed by atoms with Crippen LogP contribution < -0.4 is 9.46 Å². The Kier molecular flexibility index (Phi) is 7.19. The fourth-order valence-electron chi connectivity index (χ4n) is 2.18. The van der Waals surface area contributed by atoms with Gasteiger partial charge in [0, 0.05) is 26.4 Å². The van der Waals surface area contributed by atoms with E-state index < -0.39 is 22.1 Å². The van der Waals surface area contributed by atoms with E-state index in [1.807, 2.05) is 6.92 Å². The summed E-state index contributed by atoms with van der Waals surface area (Å²) in [4.78, 5) is 17.2. The molecule has 0 radical (unpaired) electrons. The average molecular weight is 436 g/mol. The molecular formula is C16H19F3N4O5S. The maximum atomic E-state index is 12.2. The van der Waals surface area contributed by atoms with Crippen molar-refractivity contribution >= 4 is 15.9 Å². The Morgan fingerprint density at radius 1 is 1.28 bits per heavy atom. The number of ether oxygens (including phenoxy) is 1. The summed E-state index contributed by atoms with van der Waals surface area (Å²) in [7, 11) is -2.49. The molecule has 0 aliphatic carbocycles. The summed E-state index contributed by atoms with van der Waals surface area (Å²) >= 11 is 0. The maximum absolute atomic E-state index is 12.2. The van der Waals surface area contributed by atoms with Crippen LogP contribution >= 0.6 is 0 Å². The lowest BCUT2D eigenvalue weighted by molar-refractivity contribution is -0.274. The number of carbonyl (C=O) groups is 1. The van der Waals surface area contributed by atoms with E-state index >= 15 is 0 Å². The van der Waals surface area contributed by atoms with Crippen LogP contribution in [-0.2, 0) is 27.8 Å². The fourth-order valence-corrected chi connectivity index (χ4v) is 3.21. The molecule has 0 aliphatic rings. The maximum Gasteiger partial charge on any atom is 0.573 e. The fraction of sp³-hybridized carbons (Fsp3) is 0.438. The third kappa shape index (κ3) is 7.02. The lowest BCUT2D eigenvalue weighted by Gasteiger charge is -2.15. The minimum absolute atomic E-state index is 0.0826. The summed E-state index contributed by atoms with van der Waals surface area (Å²) < 4.78 is 71.6. The molecular weight excluding hydrogens is 417 g/mol. The first-order chi connectivity index (χ1) is 13.5. The van der Waals surface area contributed by atoms with Crippen molar-refractivity contribution in [3.8, 4) is 5.75 Å². The van der Waals surface area contributed by atoms with Crippen LogP contribution in [0, 0.1) is 0 Å². The molecule has 1 heterocycles. The smallest absolute Gasteiger partial charge is 0.406 e. The number of rotatable bonds is 9. The predicted molar refractivity (Wildman–Crippen MR) is 93.1 cm³/mol. The van der Waals surface area contributed by atoms with Crippen molar-refractivity contribution in [2.75, 3.05) is 13.6 Å². The van der Waals surface area contributed by atoms with E-state index in [4.69, 9.17) is 4.52 Å². The minimum Gasteiger partial charge on any atom is -0.406 e. The molecule has 160 valence electrons. The van der Waals surface area contributed by atoms with Crippen LogP contribution in [0.3, 0.4) is 0 Å². The summed E-state index contributed by atoms with van der Waals surface area (Å²) in [6.07, 6.45) is -4.42. The Hall–Kier alpha value is -2.67. The van der Waals surface area contributed by atoms with Gasteiger partial charge in [0.2, 0.25) is 21.8 Å². The van der Waals surface area contributed by atoms with Crippen molar-refractivity contribution in [2.24, 2.45) is 0 Å². The summed E-state index contributed by atoms with van der Waals surface area (Å²) in [5, 5.41) is 3.71. The number of nitrogens with one attached hydrogen (secondary N) is 1. The average Bonchev–Trinajstić information content (AvgIpc) is 3.08. The van der Waals surface area contributed by atoms with Gasteiger partial charge in [-0.2, -0.15) is 4.98 Å². The van der Waals surface area contributed by atoms with Crippen molar-refractivity contribution in [2.45, 2.75) is 37.6 Å². The Labute approximate surface area is 164 Å². The predicted octanol–water partition coefficient (Wildman–Crippen LogP) is 1.86. The number of alkyl halides is 3. The molecule has 1 amide bonds. The molecule has 0 saturated heterocycles. The van der Waals surface area contributed by atoms with Crippen LogP contribution in [0.5, 0.6) is 5.75 Å². The van der Waals surface area contributed by atoms with Crippen molar-refractivity contribution in [1.29, 1.82) is 0 Å². The zero-order valence-corrected chi connectivity index (χ0v) is 16.4. The normalized spacial score (nSPS) is 12.0. The third-order valence-electron chi connectivity index (χ3n) is 3.62. The molecule has 0 aliphatic heterocycles. The second kappa shape index (κ2) is 9.22. The van der Waals surface area contributed by atoms with Crippen LogP contribution in [0.4, 0.5) is 13.2 Å². The Balaban J connectivity index is 1.85. The van der Waals surface area contributed by atoms with Crippen LogP contribution in [0.25, 0.3) is 0 Å². The highest BCUT2D eigenvalue weighted by Gasteiger charge is 2.31. The number of aryl methyl sites for hydroxylation is 1. The zero-order chi connectivity index (χ0) is 21.7. The lowest BCUT2D eigenvalue weighted by Crippen LogP contribution is -2.32. The van der Waals surface area contributed by atoms with E-state index in [9.17, 15) is 26.4 Å². The molecule has 2 aromatic rings. The summed E-state index contributed by atoms with van der Waals surface area (Å²) in [6, 6.07) is 3.71. The van der Waals surface area contributed by atoms with Crippen LogP contribution in [0.2, 0.25) is 0 Å². The van der Waals surface area contributed by atoms with Gasteiger partial charge in [0.15, 0.2) is 5.82 Å². The summed E-state index contributed by atoms with van der Waals surface area (Å²) in [5.74, 6) is -0.127. The van der Waals surface area contributed by atoms with E-state index in [2.05, 4.69) is 19.6 Å². The van der Waals surface area contributed by atoms with Gasteiger partial charge < -0.3 is 14.2 Å². The molecule has 1 aromatic carbocycles. The minimum atomic E-state index is -4.87. The second-order valence-electron chi connectivity index (χ2n) is 5.87. The molecule has 0 spiro atoms. The van der Waals surface area contributed by atoms with Gasteiger partial charge in [0.25, 0.3) is 0 Å². The van der Waals surface area contributed by atoms with E-state index in [-0.39, 0.29) is 36.2 Å². The van der Waals surface area contributed by atoms with E-state index in [0.717, 1.165) is 24.3 Å². The van der Waals surface area contributed by atoms with Gasteiger partial charge in [-0.25, -0.2) is 13.1 Å². The number of amides is 1. The second-order valence-corrected chi connectivity index (χ2v) is 7.64. The Morgan fingerprint density at radius 3 is 2.48 bits per heavy atom. The monoisotopic (exact) mass is 436 g/mol. The van der Waals surface area contributed by atoms with Crippen LogP contribution in [-0.4, -0.2) is 49.3 Å². The largest absolute Gasteiger partial charge is 0.573 e. The molecule has 0 unspecified atom stereocenters. The molecule has 0 atom stereocenters. The highest BCUT2D eigenvalue weighted by Crippen LogP contribution is 2.23. The van der Waals surface area contributed by atoms with E-state index in [1.165, 1.54) is 11.9 Å². The van der Waals surface area contributed by atoms with Gasteiger partial charge in [-0.1, -0.05) is 12.1 Å². The van der Waals surface area contributed by atoms with Gasteiger partial charge in [-0.3, -0.25) is 4.79 Å². The number of aromatic nitrogens is 2. The molecule has 29 heavy (non-hydrogen) atoms. The van der Waals surface area contributed by atoms with E-state index in [0.29, 0.717) is 12.2 Å².